The maximum absolute atomic E-state index is 11.9. The van der Waals surface area contributed by atoms with Crippen molar-refractivity contribution in [2.45, 2.75) is 38.3 Å². The minimum atomic E-state index is -0.561. The van der Waals surface area contributed by atoms with E-state index in [1.165, 1.54) is 11.9 Å². The van der Waals surface area contributed by atoms with Crippen molar-refractivity contribution < 1.29 is 14.9 Å². The van der Waals surface area contributed by atoms with Crippen molar-refractivity contribution in [3.63, 3.8) is 0 Å². The summed E-state index contributed by atoms with van der Waals surface area (Å²) >= 11 is 0. The quantitative estimate of drug-likeness (QED) is 0.323. The van der Waals surface area contributed by atoms with Gasteiger partial charge >= 0.3 is 0 Å². The Morgan fingerprint density at radius 3 is 2.37 bits per heavy atom. The zero-order valence-corrected chi connectivity index (χ0v) is 22.0. The topological polar surface area (TPSA) is 111 Å². The highest BCUT2D eigenvalue weighted by Gasteiger charge is 2.29. The second kappa shape index (κ2) is 12.9. The average Bonchev–Trinajstić information content (AvgIpc) is 2.91. The molecular weight excluding hydrogens is 480 g/mol. The standard InChI is InChI=1S/C30H36N4O4/c1-22(35)18-31-20-30(2,17-27-28(36)29(37)33-21-32-27)26-11-9-24(10-12-26)4-3-23-5-7-25(8-6-23)19-34-13-15-38-16-14-34/h5-12,21-22,31,35-36H,13-20H2,1-2H3,(H,32,33,37)/t22-,30-/m1/s1. The molecule has 0 spiro atoms. The van der Waals surface area contributed by atoms with Gasteiger partial charge in [0.2, 0.25) is 5.75 Å². The van der Waals surface area contributed by atoms with E-state index in [4.69, 9.17) is 4.74 Å². The molecule has 2 atom stereocenters. The van der Waals surface area contributed by atoms with Crippen LogP contribution in [0.2, 0.25) is 0 Å². The number of aromatic hydroxyl groups is 1. The van der Waals surface area contributed by atoms with Gasteiger partial charge in [0.25, 0.3) is 5.56 Å². The molecule has 0 unspecified atom stereocenters. The third-order valence-electron chi connectivity index (χ3n) is 6.81. The van der Waals surface area contributed by atoms with E-state index in [-0.39, 0.29) is 5.75 Å². The maximum atomic E-state index is 11.9. The van der Waals surface area contributed by atoms with Crippen LogP contribution >= 0.6 is 0 Å². The number of morpholine rings is 1. The lowest BCUT2D eigenvalue weighted by Crippen LogP contribution is -2.40. The Morgan fingerprint density at radius 1 is 1.11 bits per heavy atom. The van der Waals surface area contributed by atoms with Gasteiger partial charge in [0.15, 0.2) is 0 Å². The van der Waals surface area contributed by atoms with E-state index in [1.807, 2.05) is 31.2 Å². The lowest BCUT2D eigenvalue weighted by Gasteiger charge is -2.31. The highest BCUT2D eigenvalue weighted by molar-refractivity contribution is 5.45. The minimum Gasteiger partial charge on any atom is -0.502 e. The summed E-state index contributed by atoms with van der Waals surface area (Å²) in [5.74, 6) is 6.12. The summed E-state index contributed by atoms with van der Waals surface area (Å²) in [6, 6.07) is 16.4. The first-order chi connectivity index (χ1) is 18.3. The summed E-state index contributed by atoms with van der Waals surface area (Å²) in [4.78, 5) is 20.9. The number of rotatable bonds is 9. The molecule has 38 heavy (non-hydrogen) atoms. The van der Waals surface area contributed by atoms with Crippen LogP contribution in [0.15, 0.2) is 59.7 Å². The van der Waals surface area contributed by atoms with E-state index < -0.39 is 17.1 Å². The number of aromatic amines is 1. The maximum Gasteiger partial charge on any atom is 0.293 e. The molecule has 2 aromatic carbocycles. The molecular formula is C30H36N4O4. The summed E-state index contributed by atoms with van der Waals surface area (Å²) in [5.41, 5.74) is 3.41. The van der Waals surface area contributed by atoms with E-state index >= 15 is 0 Å². The normalized spacial score (nSPS) is 16.3. The van der Waals surface area contributed by atoms with Gasteiger partial charge in [0, 0.05) is 55.7 Å². The number of H-pyrrole nitrogens is 1. The van der Waals surface area contributed by atoms with Crippen molar-refractivity contribution in [2.24, 2.45) is 0 Å². The van der Waals surface area contributed by atoms with Crippen LogP contribution in [0.4, 0.5) is 0 Å². The zero-order valence-electron chi connectivity index (χ0n) is 22.0. The molecule has 4 rings (SSSR count). The number of aliphatic hydroxyl groups excluding tert-OH is 1. The van der Waals surface area contributed by atoms with Crippen LogP contribution in [0.5, 0.6) is 5.75 Å². The van der Waals surface area contributed by atoms with E-state index in [0.717, 1.165) is 49.5 Å². The van der Waals surface area contributed by atoms with Gasteiger partial charge in [-0.3, -0.25) is 9.69 Å². The van der Waals surface area contributed by atoms with Crippen LogP contribution in [-0.4, -0.2) is 70.6 Å². The molecule has 0 amide bonds. The number of nitrogens with one attached hydrogen (secondary N) is 2. The predicted molar refractivity (Wildman–Crippen MR) is 147 cm³/mol. The third-order valence-corrected chi connectivity index (χ3v) is 6.81. The fraction of sp³-hybridized carbons (Fsp3) is 0.400. The monoisotopic (exact) mass is 516 g/mol. The van der Waals surface area contributed by atoms with E-state index in [1.54, 1.807) is 6.92 Å². The molecule has 0 bridgehead atoms. The van der Waals surface area contributed by atoms with Crippen LogP contribution in [0.3, 0.4) is 0 Å². The lowest BCUT2D eigenvalue weighted by atomic mass is 9.78. The first-order valence-corrected chi connectivity index (χ1v) is 13.0. The van der Waals surface area contributed by atoms with Crippen molar-refractivity contribution in [2.75, 3.05) is 39.4 Å². The number of hydrogen-bond acceptors (Lipinski definition) is 7. The predicted octanol–water partition coefficient (Wildman–Crippen LogP) is 2.18. The summed E-state index contributed by atoms with van der Waals surface area (Å²) in [6.07, 6.45) is 1.16. The third kappa shape index (κ3) is 7.53. The molecule has 0 aliphatic carbocycles. The van der Waals surface area contributed by atoms with Crippen molar-refractivity contribution >= 4 is 0 Å². The van der Waals surface area contributed by atoms with E-state index in [9.17, 15) is 15.0 Å². The smallest absolute Gasteiger partial charge is 0.293 e. The Labute approximate surface area is 223 Å². The highest BCUT2D eigenvalue weighted by Crippen LogP contribution is 2.29. The molecule has 8 nitrogen and oxygen atoms in total. The highest BCUT2D eigenvalue weighted by atomic mass is 16.5. The summed E-state index contributed by atoms with van der Waals surface area (Å²) in [5, 5.41) is 23.2. The lowest BCUT2D eigenvalue weighted by molar-refractivity contribution is 0.0342. The largest absolute Gasteiger partial charge is 0.502 e. The SMILES string of the molecule is C[C@@H](O)CNC[C@@](C)(Cc1nc[nH]c(=O)c1O)c1ccc(C#Cc2ccc(CN3CCOCC3)cc2)cc1. The fourth-order valence-electron chi connectivity index (χ4n) is 4.56. The number of aliphatic hydroxyl groups is 1. The van der Waals surface area contributed by atoms with Gasteiger partial charge in [-0.1, -0.05) is 43.0 Å². The first kappa shape index (κ1) is 27.6. The van der Waals surface area contributed by atoms with Crippen molar-refractivity contribution in [3.8, 4) is 17.6 Å². The van der Waals surface area contributed by atoms with Crippen LogP contribution in [0.25, 0.3) is 0 Å². The van der Waals surface area contributed by atoms with Gasteiger partial charge in [0.05, 0.1) is 31.3 Å². The van der Waals surface area contributed by atoms with Crippen molar-refractivity contribution in [1.29, 1.82) is 0 Å². The molecule has 4 N–H and O–H groups in total. The average molecular weight is 517 g/mol. The summed E-state index contributed by atoms with van der Waals surface area (Å²) in [7, 11) is 0. The van der Waals surface area contributed by atoms with Gasteiger partial charge in [-0.05, 0) is 42.3 Å². The second-order valence-corrected chi connectivity index (χ2v) is 10.2. The molecule has 0 radical (unpaired) electrons. The molecule has 8 heteroatoms. The molecule has 1 fully saturated rings. The number of hydrogen-bond donors (Lipinski definition) is 4. The van der Waals surface area contributed by atoms with E-state index in [2.05, 4.69) is 56.3 Å². The van der Waals surface area contributed by atoms with Crippen molar-refractivity contribution in [1.82, 2.24) is 20.2 Å². The Bertz CT molecular complexity index is 1300. The number of nitrogens with zero attached hydrogens (tertiary/aromatic N) is 2. The summed E-state index contributed by atoms with van der Waals surface area (Å²) in [6.45, 7) is 9.17. The molecule has 200 valence electrons. The molecule has 1 aliphatic rings. The van der Waals surface area contributed by atoms with Gasteiger partial charge in [-0.25, -0.2) is 4.98 Å². The van der Waals surface area contributed by atoms with Gasteiger partial charge < -0.3 is 25.3 Å². The molecule has 1 aliphatic heterocycles. The van der Waals surface area contributed by atoms with Crippen LogP contribution in [-0.2, 0) is 23.1 Å². The number of aromatic nitrogens is 2. The molecule has 1 aromatic heterocycles. The number of ether oxygens (including phenoxy) is 1. The van der Waals surface area contributed by atoms with Gasteiger partial charge in [0.1, 0.15) is 0 Å². The zero-order chi connectivity index (χ0) is 27.0. The second-order valence-electron chi connectivity index (χ2n) is 10.2. The van der Waals surface area contributed by atoms with Crippen molar-refractivity contribution in [3.05, 3.63) is 93.2 Å². The summed E-state index contributed by atoms with van der Waals surface area (Å²) < 4.78 is 5.42. The Morgan fingerprint density at radius 2 is 1.74 bits per heavy atom. The van der Waals surface area contributed by atoms with Gasteiger partial charge in [-0.2, -0.15) is 0 Å². The molecule has 1 saturated heterocycles. The Kier molecular flexibility index (Phi) is 9.32. The van der Waals surface area contributed by atoms with Crippen LogP contribution in [0, 0.1) is 11.8 Å². The molecule has 3 aromatic rings. The van der Waals surface area contributed by atoms with Crippen LogP contribution < -0.4 is 10.9 Å². The van der Waals surface area contributed by atoms with E-state index in [0.29, 0.717) is 25.2 Å². The molecule has 2 heterocycles. The van der Waals surface area contributed by atoms with Crippen LogP contribution in [0.1, 0.15) is 41.8 Å². The van der Waals surface area contributed by atoms with Gasteiger partial charge in [-0.15, -0.1) is 0 Å². The minimum absolute atomic E-state index is 0.330. The first-order valence-electron chi connectivity index (χ1n) is 13.0. The fourth-order valence-corrected chi connectivity index (χ4v) is 4.56. The Balaban J connectivity index is 1.47. The Hall–Kier alpha value is -3.48. The molecule has 0 saturated carbocycles. The number of benzene rings is 2.